The van der Waals surface area contributed by atoms with Gasteiger partial charge in [0.1, 0.15) is 5.92 Å². The van der Waals surface area contributed by atoms with E-state index in [0.29, 0.717) is 52.7 Å². The fraction of sp³-hybridized carbons (Fsp3) is 0.582. The van der Waals surface area contributed by atoms with Crippen molar-refractivity contribution in [3.05, 3.63) is 90.1 Å². The van der Waals surface area contributed by atoms with Crippen molar-refractivity contribution >= 4 is 70.7 Å². The average molecular weight is 896 g/mol. The molecule has 1 unspecified atom stereocenters. The Labute approximate surface area is 405 Å². The molecular weight excluding hydrogens is 821 g/mol. The van der Waals surface area contributed by atoms with Crippen molar-refractivity contribution in [3.63, 3.8) is 0 Å². The van der Waals surface area contributed by atoms with Crippen LogP contribution in [0.1, 0.15) is 186 Å². The molecule has 6 atom stereocenters. The second-order valence-electron chi connectivity index (χ2n) is 19.8. The van der Waals surface area contributed by atoms with Gasteiger partial charge in [0.15, 0.2) is 5.78 Å². The molecule has 0 radical (unpaired) electrons. The van der Waals surface area contributed by atoms with Crippen LogP contribution in [-0.4, -0.2) is 54.5 Å². The summed E-state index contributed by atoms with van der Waals surface area (Å²) in [5.41, 5.74) is 9.55. The van der Waals surface area contributed by atoms with E-state index in [1.165, 1.54) is 58.5 Å². The quantitative estimate of drug-likeness (QED) is 0.0588. The van der Waals surface area contributed by atoms with Crippen molar-refractivity contribution < 1.29 is 23.9 Å². The Morgan fingerprint density at radius 2 is 1.38 bits per heavy atom. The fourth-order valence-electron chi connectivity index (χ4n) is 10.3. The maximum absolute atomic E-state index is 14.4. The van der Waals surface area contributed by atoms with Gasteiger partial charge in [-0.1, -0.05) is 165 Å². The minimum Gasteiger partial charge on any atom is -0.664 e. The molecule has 9 nitrogen and oxygen atoms in total. The normalized spacial score (nSPS) is 21.9. The Bertz CT molecular complexity index is 2390. The topological polar surface area (TPSA) is 126 Å². The molecule has 65 heavy (non-hydrogen) atoms. The van der Waals surface area contributed by atoms with E-state index in [1.807, 2.05) is 38.2 Å². The van der Waals surface area contributed by atoms with Crippen LogP contribution in [0.5, 0.6) is 0 Å². The van der Waals surface area contributed by atoms with E-state index < -0.39 is 11.9 Å². The summed E-state index contributed by atoms with van der Waals surface area (Å²) in [6.07, 6.45) is 21.6. The van der Waals surface area contributed by atoms with E-state index in [1.54, 1.807) is 0 Å². The molecule has 6 rings (SSSR count). The summed E-state index contributed by atoms with van der Waals surface area (Å²) in [5, 5.41) is 6.85. The summed E-state index contributed by atoms with van der Waals surface area (Å²) >= 11 is 0. The van der Waals surface area contributed by atoms with E-state index in [4.69, 9.17) is 29.7 Å². The molecule has 3 aliphatic rings. The molecule has 0 aromatic carbocycles. The second kappa shape index (κ2) is 23.1. The number of fused-ring (bicyclic) bond motifs is 7. The summed E-state index contributed by atoms with van der Waals surface area (Å²) in [5.74, 6) is -0.108. The first kappa shape index (κ1) is 52.0. The molecule has 0 N–H and O–H groups in total. The first-order chi connectivity index (χ1) is 30.6. The average Bonchev–Trinajstić information content (AvgIpc) is 3.99. The number of esters is 2. The Balaban J connectivity index is 0.00000793. The van der Waals surface area contributed by atoms with Crippen LogP contribution in [0.25, 0.3) is 35.2 Å². The molecule has 3 aromatic rings. The van der Waals surface area contributed by atoms with Crippen molar-refractivity contribution in [2.24, 2.45) is 41.4 Å². The third-order valence-corrected chi connectivity index (χ3v) is 14.5. The number of rotatable bonds is 21. The van der Waals surface area contributed by atoms with Crippen LogP contribution in [0, 0.1) is 62.2 Å². The number of allylic oxidation sites excluding steroid dienone is 2. The molecule has 0 spiro atoms. The Morgan fingerprint density at radius 1 is 0.785 bits per heavy atom. The van der Waals surface area contributed by atoms with E-state index in [0.717, 1.165) is 87.1 Å². The number of Topliss-reactive ketones (excluding diaryl/α,β-unsaturated/α-hetero) is 1. The summed E-state index contributed by atoms with van der Waals surface area (Å²) < 4.78 is 11.1. The second-order valence-corrected chi connectivity index (χ2v) is 19.8. The zero-order valence-corrected chi connectivity index (χ0v) is 42.9. The molecule has 3 aromatic heterocycles. The van der Waals surface area contributed by atoms with Crippen LogP contribution in [-0.2, 0) is 25.5 Å². The van der Waals surface area contributed by atoms with Crippen LogP contribution < -0.4 is 25.7 Å². The molecule has 0 amide bonds. The minimum absolute atomic E-state index is 0. The minimum atomic E-state index is -1.21. The van der Waals surface area contributed by atoms with Gasteiger partial charge >= 0.3 is 35.0 Å². The SMILES string of the molecule is C=Cc1c2[n-]c(c1C)/C=C1\[N-]/C(=C3\c4[n-]c(c(C)c4C(=O)[C@@H]3C(=O)OC)/C=c3\[n-]/c(c(C)c3CC)=C\2)[C@@H](CCC(=O)OCCC(C)CCC[C@H](C)CCC[C@H](C)CCCC(C)C)[C@@H]1C.[Mg+2]. The van der Waals surface area contributed by atoms with E-state index >= 15 is 0 Å². The molecule has 1 fully saturated rings. The Kier molecular flexibility index (Phi) is 18.5. The van der Waals surface area contributed by atoms with Crippen LogP contribution in [0.3, 0.4) is 0 Å². The van der Waals surface area contributed by atoms with Gasteiger partial charge in [-0.2, -0.15) is 11.4 Å². The third-order valence-electron chi connectivity index (χ3n) is 14.5. The van der Waals surface area contributed by atoms with Crippen molar-refractivity contribution in [3.8, 4) is 0 Å². The maximum atomic E-state index is 14.4. The van der Waals surface area contributed by atoms with Gasteiger partial charge in [0.25, 0.3) is 0 Å². The third kappa shape index (κ3) is 11.8. The zero-order chi connectivity index (χ0) is 46.4. The smallest absolute Gasteiger partial charge is 0.664 e. The monoisotopic (exact) mass is 895 g/mol. The summed E-state index contributed by atoms with van der Waals surface area (Å²) in [6.45, 7) is 26.4. The van der Waals surface area contributed by atoms with Gasteiger partial charge in [0, 0.05) is 12.0 Å². The fourth-order valence-corrected chi connectivity index (χ4v) is 10.3. The number of carbonyl (C=O) groups excluding carboxylic acids is 3. The summed E-state index contributed by atoms with van der Waals surface area (Å²) in [7, 11) is 1.30. The van der Waals surface area contributed by atoms with Crippen molar-refractivity contribution in [1.29, 1.82) is 0 Å². The number of hydrogen-bond donors (Lipinski definition) is 0. The number of nitrogens with zero attached hydrogens (tertiary/aromatic N) is 4. The predicted molar refractivity (Wildman–Crippen MR) is 265 cm³/mol. The van der Waals surface area contributed by atoms with Gasteiger partial charge in [-0.25, -0.2) is 0 Å². The molecule has 10 heteroatoms. The molecule has 0 saturated carbocycles. The molecule has 8 bridgehead atoms. The number of hydrogen-bond acceptors (Lipinski definition) is 5. The molecule has 348 valence electrons. The largest absolute Gasteiger partial charge is 2.00 e. The number of methoxy groups -OCH3 is 1. The molecule has 1 aliphatic carbocycles. The van der Waals surface area contributed by atoms with Crippen LogP contribution in [0.4, 0.5) is 0 Å². The van der Waals surface area contributed by atoms with Crippen LogP contribution >= 0.6 is 0 Å². The zero-order valence-electron chi connectivity index (χ0n) is 41.5. The van der Waals surface area contributed by atoms with Gasteiger partial charge in [-0.15, -0.1) is 33.5 Å². The van der Waals surface area contributed by atoms with Gasteiger partial charge in [-0.3, -0.25) is 14.4 Å². The number of carbonyl (C=O) groups is 3. The standard InChI is InChI=1S/C55H75N4O5.Mg/c1-13-39-35(8)42-28-44-37(10)41(24-25-48(60)64-27-26-34(7)23-17-22-33(6)21-16-20-32(5)19-15-18-31(3)4)52(58-44)50-51(55(62)63-12)54(61)49-38(11)45(59-53(49)50)30-47-40(14-2)36(9)43(57-47)29-46(39)56-42;/h13,28-34,37,41,51H,1,14-27H2,2-12H3,(H-,58,59,61);/q-3;+2/p-1/b43-29-,44-28-,47-30-;/t32-,33-,34?,37+,41+,51-;/m1./s1. The number of aromatic nitrogens is 3. The van der Waals surface area contributed by atoms with Gasteiger partial charge in [-0.05, 0) is 81.1 Å². The first-order valence-electron chi connectivity index (χ1n) is 24.4. The van der Waals surface area contributed by atoms with Gasteiger partial charge < -0.3 is 29.7 Å². The summed E-state index contributed by atoms with van der Waals surface area (Å²) in [4.78, 5) is 56.7. The maximum Gasteiger partial charge on any atom is 2.00 e. The molecule has 2 aliphatic heterocycles. The van der Waals surface area contributed by atoms with Gasteiger partial charge in [0.05, 0.1) is 13.7 Å². The van der Waals surface area contributed by atoms with E-state index in [2.05, 4.69) is 62.0 Å². The number of ether oxygens (including phenoxy) is 2. The number of ketones is 1. The Hall–Kier alpha value is -4.02. The first-order valence-corrected chi connectivity index (χ1v) is 24.4. The van der Waals surface area contributed by atoms with Gasteiger partial charge in [0.2, 0.25) is 0 Å². The van der Waals surface area contributed by atoms with Crippen molar-refractivity contribution in [2.45, 2.75) is 153 Å². The molecular formula is C55H74MgN4O5-2. The molecule has 1 saturated heterocycles. The summed E-state index contributed by atoms with van der Waals surface area (Å²) in [6, 6.07) is 0. The van der Waals surface area contributed by atoms with E-state index in [-0.39, 0.29) is 53.1 Å². The predicted octanol–water partition coefficient (Wildman–Crippen LogP) is 10.4. The van der Waals surface area contributed by atoms with Crippen molar-refractivity contribution in [1.82, 2.24) is 15.0 Å². The van der Waals surface area contributed by atoms with Crippen LogP contribution in [0.15, 0.2) is 18.0 Å². The molecule has 5 heterocycles. The van der Waals surface area contributed by atoms with E-state index in [9.17, 15) is 14.4 Å². The van der Waals surface area contributed by atoms with Crippen LogP contribution in [0.2, 0.25) is 0 Å². The van der Waals surface area contributed by atoms with Crippen molar-refractivity contribution in [2.75, 3.05) is 13.7 Å². The Morgan fingerprint density at radius 3 is 1.98 bits per heavy atom.